The zero-order valence-electron chi connectivity index (χ0n) is 7.75. The Labute approximate surface area is 81.7 Å². The molecule has 2 heterocycles. The molecule has 0 spiro atoms. The van der Waals surface area contributed by atoms with Crippen LogP contribution in [-0.4, -0.2) is 21.2 Å². The normalized spacial score (nSPS) is 15.7. The lowest BCUT2D eigenvalue weighted by Gasteiger charge is -1.95. The van der Waals surface area contributed by atoms with Gasteiger partial charge in [0.15, 0.2) is 0 Å². The van der Waals surface area contributed by atoms with Gasteiger partial charge < -0.3 is 10.3 Å². The number of nitrogens with one attached hydrogen (secondary N) is 3. The highest BCUT2D eigenvalue weighted by Crippen LogP contribution is 2.25. The van der Waals surface area contributed by atoms with E-state index in [1.165, 1.54) is 12.8 Å². The summed E-state index contributed by atoms with van der Waals surface area (Å²) in [5.41, 5.74) is 2.19. The molecule has 0 unspecified atom stereocenters. The van der Waals surface area contributed by atoms with Gasteiger partial charge in [0.2, 0.25) is 0 Å². The molecule has 0 saturated heterocycles. The van der Waals surface area contributed by atoms with Crippen LogP contribution in [0.1, 0.15) is 12.8 Å². The van der Waals surface area contributed by atoms with Crippen molar-refractivity contribution in [1.82, 2.24) is 15.2 Å². The molecular formula is C10H12N4. The van der Waals surface area contributed by atoms with E-state index in [1.807, 2.05) is 24.5 Å². The number of aromatic nitrogens is 3. The fourth-order valence-corrected chi connectivity index (χ4v) is 1.47. The monoisotopic (exact) mass is 188 g/mol. The lowest BCUT2D eigenvalue weighted by Crippen LogP contribution is -2.00. The average Bonchev–Trinajstić information content (AvgIpc) is 2.71. The van der Waals surface area contributed by atoms with E-state index in [1.54, 1.807) is 0 Å². The number of aromatic amines is 2. The van der Waals surface area contributed by atoms with Crippen LogP contribution in [0.3, 0.4) is 0 Å². The van der Waals surface area contributed by atoms with E-state index in [4.69, 9.17) is 0 Å². The Kier molecular flexibility index (Phi) is 1.59. The first-order valence-electron chi connectivity index (χ1n) is 4.87. The lowest BCUT2D eigenvalue weighted by atomic mass is 10.2. The number of rotatable bonds is 3. The second-order valence-corrected chi connectivity index (χ2v) is 3.69. The molecule has 1 saturated carbocycles. The summed E-state index contributed by atoms with van der Waals surface area (Å²) in [6, 6.07) is 4.72. The minimum Gasteiger partial charge on any atom is -0.367 e. The highest BCUT2D eigenvalue weighted by molar-refractivity contribution is 5.62. The maximum Gasteiger partial charge on any atom is 0.148 e. The molecule has 1 aliphatic rings. The standard InChI is InChI=1S/C10H12N4/c1-2-8(1)12-10-5-9(13-14-10)7-3-4-11-6-7/h3-6,8,11H,1-2H2,(H2,12,13,14). The molecule has 14 heavy (non-hydrogen) atoms. The van der Waals surface area contributed by atoms with E-state index < -0.39 is 0 Å². The predicted octanol–water partition coefficient (Wildman–Crippen LogP) is 1.98. The summed E-state index contributed by atoms with van der Waals surface area (Å²) < 4.78 is 0. The molecule has 2 aromatic heterocycles. The van der Waals surface area contributed by atoms with Gasteiger partial charge in [0.25, 0.3) is 0 Å². The summed E-state index contributed by atoms with van der Waals surface area (Å²) in [4.78, 5) is 3.02. The highest BCUT2D eigenvalue weighted by Gasteiger charge is 2.21. The molecule has 1 aliphatic carbocycles. The number of anilines is 1. The first kappa shape index (κ1) is 7.67. The Hall–Kier alpha value is -1.71. The molecule has 3 rings (SSSR count). The number of hydrogen-bond donors (Lipinski definition) is 3. The van der Waals surface area contributed by atoms with Crippen molar-refractivity contribution >= 4 is 5.82 Å². The van der Waals surface area contributed by atoms with E-state index in [0.717, 1.165) is 17.1 Å². The van der Waals surface area contributed by atoms with Gasteiger partial charge in [-0.05, 0) is 18.9 Å². The third-order valence-corrected chi connectivity index (χ3v) is 2.42. The van der Waals surface area contributed by atoms with Crippen LogP contribution < -0.4 is 5.32 Å². The van der Waals surface area contributed by atoms with Gasteiger partial charge in [-0.3, -0.25) is 5.10 Å². The van der Waals surface area contributed by atoms with Crippen LogP contribution in [0.5, 0.6) is 0 Å². The maximum atomic E-state index is 4.20. The van der Waals surface area contributed by atoms with Gasteiger partial charge in [0, 0.05) is 30.1 Å². The molecule has 2 aromatic rings. The summed E-state index contributed by atoms with van der Waals surface area (Å²) in [7, 11) is 0. The zero-order valence-corrected chi connectivity index (χ0v) is 7.75. The molecule has 0 atom stereocenters. The van der Waals surface area contributed by atoms with Crippen LogP contribution in [0, 0.1) is 0 Å². The summed E-state index contributed by atoms with van der Waals surface area (Å²) >= 11 is 0. The third kappa shape index (κ3) is 1.39. The lowest BCUT2D eigenvalue weighted by molar-refractivity contribution is 1.05. The van der Waals surface area contributed by atoms with Crippen molar-refractivity contribution in [2.24, 2.45) is 0 Å². The van der Waals surface area contributed by atoms with Crippen molar-refractivity contribution in [3.8, 4) is 11.3 Å². The quantitative estimate of drug-likeness (QED) is 0.689. The highest BCUT2D eigenvalue weighted by atomic mass is 15.2. The first-order chi connectivity index (χ1) is 6.92. The molecule has 1 fully saturated rings. The van der Waals surface area contributed by atoms with Crippen LogP contribution in [0.25, 0.3) is 11.3 Å². The van der Waals surface area contributed by atoms with Crippen molar-refractivity contribution in [3.63, 3.8) is 0 Å². The van der Waals surface area contributed by atoms with E-state index in [9.17, 15) is 0 Å². The van der Waals surface area contributed by atoms with Crippen molar-refractivity contribution < 1.29 is 0 Å². The molecule has 0 aromatic carbocycles. The summed E-state index contributed by atoms with van der Waals surface area (Å²) in [6.07, 6.45) is 6.40. The Morgan fingerprint density at radius 2 is 2.36 bits per heavy atom. The van der Waals surface area contributed by atoms with Gasteiger partial charge in [-0.25, -0.2) is 0 Å². The molecule has 0 radical (unpaired) electrons. The van der Waals surface area contributed by atoms with Gasteiger partial charge in [0.1, 0.15) is 5.82 Å². The topological polar surface area (TPSA) is 56.5 Å². The van der Waals surface area contributed by atoms with Crippen LogP contribution in [0.4, 0.5) is 5.82 Å². The van der Waals surface area contributed by atoms with Crippen molar-refractivity contribution in [1.29, 1.82) is 0 Å². The van der Waals surface area contributed by atoms with Crippen LogP contribution in [-0.2, 0) is 0 Å². The predicted molar refractivity (Wildman–Crippen MR) is 55.0 cm³/mol. The van der Waals surface area contributed by atoms with E-state index >= 15 is 0 Å². The molecule has 4 nitrogen and oxygen atoms in total. The Morgan fingerprint density at radius 1 is 1.43 bits per heavy atom. The molecule has 0 bridgehead atoms. The summed E-state index contributed by atoms with van der Waals surface area (Å²) in [6.45, 7) is 0. The zero-order chi connectivity index (χ0) is 9.38. The summed E-state index contributed by atoms with van der Waals surface area (Å²) in [5.74, 6) is 0.948. The Balaban J connectivity index is 1.82. The maximum absolute atomic E-state index is 4.20. The van der Waals surface area contributed by atoms with Gasteiger partial charge in [-0.2, -0.15) is 5.10 Å². The van der Waals surface area contributed by atoms with Crippen LogP contribution in [0.2, 0.25) is 0 Å². The van der Waals surface area contributed by atoms with Crippen molar-refractivity contribution in [2.75, 3.05) is 5.32 Å². The second kappa shape index (κ2) is 2.90. The molecule has 0 aliphatic heterocycles. The van der Waals surface area contributed by atoms with Crippen molar-refractivity contribution in [3.05, 3.63) is 24.5 Å². The van der Waals surface area contributed by atoms with Gasteiger partial charge in [-0.1, -0.05) is 0 Å². The van der Waals surface area contributed by atoms with Gasteiger partial charge in [0.05, 0.1) is 5.69 Å². The Bertz CT molecular complexity index is 411. The first-order valence-corrected chi connectivity index (χ1v) is 4.87. The molecular weight excluding hydrogens is 176 g/mol. The number of H-pyrrole nitrogens is 2. The van der Waals surface area contributed by atoms with Crippen LogP contribution in [0.15, 0.2) is 24.5 Å². The fourth-order valence-electron chi connectivity index (χ4n) is 1.47. The largest absolute Gasteiger partial charge is 0.367 e. The van der Waals surface area contributed by atoms with E-state index in [2.05, 4.69) is 20.5 Å². The molecule has 3 N–H and O–H groups in total. The van der Waals surface area contributed by atoms with Gasteiger partial charge in [-0.15, -0.1) is 0 Å². The van der Waals surface area contributed by atoms with E-state index in [0.29, 0.717) is 6.04 Å². The van der Waals surface area contributed by atoms with Gasteiger partial charge >= 0.3 is 0 Å². The smallest absolute Gasteiger partial charge is 0.148 e. The minimum absolute atomic E-state index is 0.650. The summed E-state index contributed by atoms with van der Waals surface area (Å²) in [5, 5.41) is 10.6. The van der Waals surface area contributed by atoms with Crippen molar-refractivity contribution in [2.45, 2.75) is 18.9 Å². The molecule has 0 amide bonds. The number of hydrogen-bond acceptors (Lipinski definition) is 2. The fraction of sp³-hybridized carbons (Fsp3) is 0.300. The molecule has 72 valence electrons. The Morgan fingerprint density at radius 3 is 3.07 bits per heavy atom. The number of nitrogens with zero attached hydrogens (tertiary/aromatic N) is 1. The minimum atomic E-state index is 0.650. The SMILES string of the molecule is c1cc(-c2cc(NC3CC3)n[nH]2)c[nH]1. The van der Waals surface area contributed by atoms with E-state index in [-0.39, 0.29) is 0 Å². The molecule has 4 heteroatoms. The second-order valence-electron chi connectivity index (χ2n) is 3.69. The average molecular weight is 188 g/mol. The third-order valence-electron chi connectivity index (χ3n) is 2.42. The van der Waals surface area contributed by atoms with Crippen LogP contribution >= 0.6 is 0 Å².